The molecule has 1 saturated carbocycles. The van der Waals surface area contributed by atoms with Gasteiger partial charge < -0.3 is 9.64 Å². The highest BCUT2D eigenvalue weighted by Crippen LogP contribution is 2.48. The van der Waals surface area contributed by atoms with Crippen molar-refractivity contribution in [3.63, 3.8) is 0 Å². The third kappa shape index (κ3) is 2.72. The highest BCUT2D eigenvalue weighted by Gasteiger charge is 2.58. The number of hydrogen-bond donors (Lipinski definition) is 1. The lowest BCUT2D eigenvalue weighted by molar-refractivity contribution is -0.0992. The zero-order valence-electron chi connectivity index (χ0n) is 13.9. The van der Waals surface area contributed by atoms with E-state index in [9.17, 15) is 4.79 Å². The first kappa shape index (κ1) is 16.3. The van der Waals surface area contributed by atoms with Gasteiger partial charge in [0.15, 0.2) is 5.13 Å². The van der Waals surface area contributed by atoms with E-state index in [0.29, 0.717) is 17.7 Å². The van der Waals surface area contributed by atoms with E-state index in [1.54, 1.807) is 0 Å². The predicted octanol–water partition coefficient (Wildman–Crippen LogP) is 4.54. The summed E-state index contributed by atoms with van der Waals surface area (Å²) in [5.74, 6) is 0. The Balaban J connectivity index is 1.49. The number of amides is 2. The summed E-state index contributed by atoms with van der Waals surface area (Å²) in [6.45, 7) is 6.80. The van der Waals surface area contributed by atoms with E-state index in [1.165, 1.54) is 11.3 Å². The van der Waals surface area contributed by atoms with Gasteiger partial charge in [0.1, 0.15) is 0 Å². The van der Waals surface area contributed by atoms with E-state index in [1.807, 2.05) is 37.8 Å². The second-order valence-electron chi connectivity index (χ2n) is 7.06. The van der Waals surface area contributed by atoms with Gasteiger partial charge in [0.05, 0.1) is 28.5 Å². The number of nitrogens with zero attached hydrogens (tertiary/aromatic N) is 2. The standard InChI is InChI=1S/C17H20BrN3O2S/c1-9(2)23-17-6-12(7-17)21(8-17)16(22)20-15-19-14-10(3)4-11(18)5-13(14)24-15/h4-5,9,12H,6-8H2,1-3H3,(H,19,20,22). The number of thiazole rings is 1. The van der Waals surface area contributed by atoms with Crippen molar-refractivity contribution < 1.29 is 9.53 Å². The maximum Gasteiger partial charge on any atom is 0.323 e. The Kier molecular flexibility index (Phi) is 3.85. The molecular formula is C17H20BrN3O2S. The van der Waals surface area contributed by atoms with Crippen molar-refractivity contribution in [1.82, 2.24) is 9.88 Å². The Hall–Kier alpha value is -1.18. The van der Waals surface area contributed by atoms with Crippen molar-refractivity contribution in [2.45, 2.75) is 51.4 Å². The molecule has 2 amide bonds. The van der Waals surface area contributed by atoms with E-state index in [4.69, 9.17) is 4.74 Å². The van der Waals surface area contributed by atoms with Gasteiger partial charge in [0, 0.05) is 10.5 Å². The number of carbonyl (C=O) groups excluding carboxylic acids is 1. The minimum atomic E-state index is -0.120. The number of urea groups is 1. The third-order valence-electron chi connectivity index (χ3n) is 4.73. The molecule has 24 heavy (non-hydrogen) atoms. The number of halogens is 1. The number of aromatic nitrogens is 1. The van der Waals surface area contributed by atoms with Gasteiger partial charge in [0.25, 0.3) is 0 Å². The lowest BCUT2D eigenvalue weighted by atomic mass is 9.81. The van der Waals surface area contributed by atoms with Gasteiger partial charge in [-0.05, 0) is 51.3 Å². The predicted molar refractivity (Wildman–Crippen MR) is 99.8 cm³/mol. The first-order valence-corrected chi connectivity index (χ1v) is 9.78. The van der Waals surface area contributed by atoms with Gasteiger partial charge in [-0.2, -0.15) is 0 Å². The Morgan fingerprint density at radius 1 is 1.50 bits per heavy atom. The Morgan fingerprint density at radius 2 is 2.25 bits per heavy atom. The monoisotopic (exact) mass is 409 g/mol. The van der Waals surface area contributed by atoms with Crippen LogP contribution < -0.4 is 5.32 Å². The highest BCUT2D eigenvalue weighted by atomic mass is 79.9. The van der Waals surface area contributed by atoms with Gasteiger partial charge in [-0.25, -0.2) is 9.78 Å². The van der Waals surface area contributed by atoms with Crippen LogP contribution in [0, 0.1) is 6.92 Å². The molecule has 5 nitrogen and oxygen atoms in total. The molecule has 128 valence electrons. The molecule has 0 atom stereocenters. The molecule has 3 fully saturated rings. The summed E-state index contributed by atoms with van der Waals surface area (Å²) >= 11 is 5.01. The van der Waals surface area contributed by atoms with Crippen molar-refractivity contribution in [2.24, 2.45) is 0 Å². The summed E-state index contributed by atoms with van der Waals surface area (Å²) in [6.07, 6.45) is 2.09. The van der Waals surface area contributed by atoms with Crippen molar-refractivity contribution in [2.75, 3.05) is 11.9 Å². The van der Waals surface area contributed by atoms with E-state index in [0.717, 1.165) is 33.1 Å². The maximum absolute atomic E-state index is 12.6. The second-order valence-corrected chi connectivity index (χ2v) is 9.00. The summed E-state index contributed by atoms with van der Waals surface area (Å²) in [7, 11) is 0. The van der Waals surface area contributed by atoms with Gasteiger partial charge in [-0.1, -0.05) is 27.3 Å². The highest BCUT2D eigenvalue weighted by molar-refractivity contribution is 9.10. The first-order chi connectivity index (χ1) is 11.3. The summed E-state index contributed by atoms with van der Waals surface area (Å²) < 4.78 is 8.13. The van der Waals surface area contributed by atoms with Crippen LogP contribution in [0.1, 0.15) is 32.3 Å². The molecule has 0 radical (unpaired) electrons. The zero-order valence-corrected chi connectivity index (χ0v) is 16.3. The van der Waals surface area contributed by atoms with Crippen LogP contribution in [-0.4, -0.2) is 40.2 Å². The quantitative estimate of drug-likeness (QED) is 0.808. The topological polar surface area (TPSA) is 54.5 Å². The number of carbonyl (C=O) groups is 1. The van der Waals surface area contributed by atoms with Crippen LogP contribution >= 0.6 is 27.3 Å². The van der Waals surface area contributed by atoms with Crippen molar-refractivity contribution in [3.8, 4) is 0 Å². The van der Waals surface area contributed by atoms with E-state index in [2.05, 4.69) is 26.2 Å². The molecular weight excluding hydrogens is 390 g/mol. The Bertz CT molecular complexity index is 814. The first-order valence-electron chi connectivity index (χ1n) is 8.17. The molecule has 0 spiro atoms. The summed E-state index contributed by atoms with van der Waals surface area (Å²) in [5, 5.41) is 3.62. The van der Waals surface area contributed by atoms with E-state index >= 15 is 0 Å². The van der Waals surface area contributed by atoms with Crippen LogP contribution in [0.3, 0.4) is 0 Å². The summed E-state index contributed by atoms with van der Waals surface area (Å²) in [5.41, 5.74) is 1.93. The van der Waals surface area contributed by atoms with Crippen molar-refractivity contribution in [3.05, 3.63) is 22.2 Å². The molecule has 1 N–H and O–H groups in total. The fourth-order valence-corrected chi connectivity index (χ4v) is 5.53. The van der Waals surface area contributed by atoms with Gasteiger partial charge in [0.2, 0.25) is 0 Å². The minimum Gasteiger partial charge on any atom is -0.370 e. The molecule has 3 aliphatic rings. The molecule has 3 heterocycles. The zero-order chi connectivity index (χ0) is 17.1. The van der Waals surface area contributed by atoms with Crippen LogP contribution in [0.25, 0.3) is 10.2 Å². The van der Waals surface area contributed by atoms with E-state index < -0.39 is 0 Å². The molecule has 1 aromatic carbocycles. The van der Waals surface area contributed by atoms with Crippen molar-refractivity contribution >= 4 is 48.6 Å². The molecule has 2 aromatic rings. The third-order valence-corrected chi connectivity index (χ3v) is 6.10. The Morgan fingerprint density at radius 3 is 2.96 bits per heavy atom. The molecule has 2 saturated heterocycles. The molecule has 7 heteroatoms. The number of fused-ring (bicyclic) bond motifs is 2. The average molecular weight is 410 g/mol. The number of anilines is 1. The van der Waals surface area contributed by atoms with Crippen molar-refractivity contribution in [1.29, 1.82) is 0 Å². The fraction of sp³-hybridized carbons (Fsp3) is 0.529. The van der Waals surface area contributed by atoms with Gasteiger partial charge in [-0.3, -0.25) is 5.32 Å². The number of aryl methyl sites for hydroxylation is 1. The van der Waals surface area contributed by atoms with Gasteiger partial charge >= 0.3 is 6.03 Å². The minimum absolute atomic E-state index is 0.0671. The lowest BCUT2D eigenvalue weighted by Crippen LogP contribution is -2.44. The Labute approximate surface area is 153 Å². The molecule has 5 rings (SSSR count). The second kappa shape index (κ2) is 5.68. The molecule has 0 unspecified atom stereocenters. The largest absolute Gasteiger partial charge is 0.370 e. The van der Waals surface area contributed by atoms with E-state index in [-0.39, 0.29) is 17.7 Å². The molecule has 2 aliphatic heterocycles. The van der Waals surface area contributed by atoms with Crippen LogP contribution in [0.4, 0.5) is 9.93 Å². The molecule has 1 aliphatic carbocycles. The van der Waals surface area contributed by atoms with Crippen LogP contribution in [0.2, 0.25) is 0 Å². The summed E-state index contributed by atoms with van der Waals surface area (Å²) in [6, 6.07) is 4.31. The van der Waals surface area contributed by atoms with Crippen LogP contribution in [0.15, 0.2) is 16.6 Å². The molecule has 1 aromatic heterocycles. The smallest absolute Gasteiger partial charge is 0.323 e. The normalized spacial score (nSPS) is 25.4. The number of benzene rings is 1. The summed E-state index contributed by atoms with van der Waals surface area (Å²) in [4.78, 5) is 19.1. The number of ether oxygens (including phenoxy) is 1. The fourth-order valence-electron chi connectivity index (χ4n) is 3.83. The van der Waals surface area contributed by atoms with Crippen LogP contribution in [0.5, 0.6) is 0 Å². The maximum atomic E-state index is 12.6. The molecule has 2 bridgehead atoms. The number of rotatable bonds is 3. The van der Waals surface area contributed by atoms with Gasteiger partial charge in [-0.15, -0.1) is 0 Å². The SMILES string of the molecule is Cc1cc(Br)cc2sc(NC(=O)N3CC4(OC(C)C)CC3C4)nc12. The lowest BCUT2D eigenvalue weighted by Gasteiger charge is -2.37. The average Bonchev–Trinajstić information content (AvgIpc) is 3.08. The number of nitrogens with one attached hydrogen (secondary N) is 1. The number of hydrogen-bond acceptors (Lipinski definition) is 4. The van der Waals surface area contributed by atoms with Crippen LogP contribution in [-0.2, 0) is 4.74 Å².